The molecule has 1 aromatic carbocycles. The molecular weight excluding hydrogens is 330 g/mol. The highest BCUT2D eigenvalue weighted by atomic mass is 32.2. The van der Waals surface area contributed by atoms with Crippen molar-refractivity contribution in [1.29, 1.82) is 0 Å². The van der Waals surface area contributed by atoms with Crippen LogP contribution in [0.1, 0.15) is 36.9 Å². The van der Waals surface area contributed by atoms with Crippen molar-refractivity contribution in [2.75, 3.05) is 6.54 Å². The van der Waals surface area contributed by atoms with Crippen LogP contribution in [-0.4, -0.2) is 40.1 Å². The molecule has 0 bridgehead atoms. The van der Waals surface area contributed by atoms with E-state index in [0.717, 1.165) is 5.56 Å². The number of rotatable bonds is 4. The normalized spacial score (nSPS) is 18.5. The summed E-state index contributed by atoms with van der Waals surface area (Å²) in [4.78, 5) is 11.6. The molecule has 2 heterocycles. The molecule has 1 N–H and O–H groups in total. The van der Waals surface area contributed by atoms with Gasteiger partial charge in [-0.1, -0.05) is 24.3 Å². The van der Waals surface area contributed by atoms with Gasteiger partial charge < -0.3 is 5.11 Å². The summed E-state index contributed by atoms with van der Waals surface area (Å²) in [5.74, 6) is -1.90. The molecule has 7 nitrogen and oxygen atoms in total. The summed E-state index contributed by atoms with van der Waals surface area (Å²) in [6.07, 6.45) is 1.44. The van der Waals surface area contributed by atoms with Crippen LogP contribution in [0.15, 0.2) is 41.6 Å². The van der Waals surface area contributed by atoms with Crippen molar-refractivity contribution in [3.8, 4) is 0 Å². The van der Waals surface area contributed by atoms with E-state index in [-0.39, 0.29) is 24.2 Å². The number of nitrogens with zero attached hydrogens (tertiary/aromatic N) is 3. The molecule has 128 valence electrons. The standard InChI is InChI=1S/C16H19N3O4S/c1-11(2)19-15(7-8-17-19)24(22,23)18-9-12-5-3-4-6-13(12)14(10-18)16(20)21/h3-8,11,14H,9-10H2,1-2H3,(H,20,21). The minimum Gasteiger partial charge on any atom is -0.481 e. The lowest BCUT2D eigenvalue weighted by atomic mass is 9.91. The van der Waals surface area contributed by atoms with Gasteiger partial charge in [-0.15, -0.1) is 0 Å². The fraction of sp³-hybridized carbons (Fsp3) is 0.375. The van der Waals surface area contributed by atoms with E-state index in [4.69, 9.17) is 0 Å². The van der Waals surface area contributed by atoms with Gasteiger partial charge >= 0.3 is 5.97 Å². The zero-order valence-corrected chi connectivity index (χ0v) is 14.3. The monoisotopic (exact) mass is 349 g/mol. The number of carboxylic acids is 1. The molecule has 1 aliphatic heterocycles. The number of sulfonamides is 1. The van der Waals surface area contributed by atoms with Crippen LogP contribution in [0.5, 0.6) is 0 Å². The Bertz CT molecular complexity index is 873. The van der Waals surface area contributed by atoms with Crippen molar-refractivity contribution in [3.05, 3.63) is 47.7 Å². The van der Waals surface area contributed by atoms with Gasteiger partial charge in [-0.3, -0.25) is 9.48 Å². The second-order valence-electron chi connectivity index (χ2n) is 6.09. The van der Waals surface area contributed by atoms with Gasteiger partial charge in [0.25, 0.3) is 10.0 Å². The zero-order valence-electron chi connectivity index (χ0n) is 13.5. The van der Waals surface area contributed by atoms with Crippen molar-refractivity contribution in [3.63, 3.8) is 0 Å². The summed E-state index contributed by atoms with van der Waals surface area (Å²) in [5.41, 5.74) is 1.39. The Morgan fingerprint density at radius 3 is 2.67 bits per heavy atom. The molecule has 8 heteroatoms. The van der Waals surface area contributed by atoms with Gasteiger partial charge in [-0.2, -0.15) is 9.40 Å². The number of hydrogen-bond acceptors (Lipinski definition) is 4. The van der Waals surface area contributed by atoms with Gasteiger partial charge in [0.15, 0.2) is 5.03 Å². The maximum atomic E-state index is 13.0. The van der Waals surface area contributed by atoms with E-state index in [1.54, 1.807) is 24.3 Å². The minimum atomic E-state index is -3.83. The average molecular weight is 349 g/mol. The molecule has 0 aliphatic carbocycles. The lowest BCUT2D eigenvalue weighted by Crippen LogP contribution is -2.41. The van der Waals surface area contributed by atoms with Gasteiger partial charge in [0.05, 0.1) is 12.1 Å². The van der Waals surface area contributed by atoms with Crippen LogP contribution < -0.4 is 0 Å². The number of aromatic nitrogens is 2. The maximum absolute atomic E-state index is 13.0. The topological polar surface area (TPSA) is 92.5 Å². The Hall–Kier alpha value is -2.19. The molecule has 2 aromatic rings. The van der Waals surface area contributed by atoms with Gasteiger partial charge in [-0.05, 0) is 31.0 Å². The van der Waals surface area contributed by atoms with Crippen molar-refractivity contribution in [2.45, 2.75) is 37.4 Å². The number of carbonyl (C=O) groups is 1. The lowest BCUT2D eigenvalue weighted by molar-refractivity contribution is -0.139. The molecule has 0 fully saturated rings. The quantitative estimate of drug-likeness (QED) is 0.909. The fourth-order valence-electron chi connectivity index (χ4n) is 3.00. The predicted octanol–water partition coefficient (Wildman–Crippen LogP) is 1.84. The molecule has 0 amide bonds. The first-order valence-corrected chi connectivity index (χ1v) is 9.10. The predicted molar refractivity (Wildman–Crippen MR) is 87.0 cm³/mol. The zero-order chi connectivity index (χ0) is 17.5. The van der Waals surface area contributed by atoms with Crippen LogP contribution >= 0.6 is 0 Å². The van der Waals surface area contributed by atoms with E-state index >= 15 is 0 Å². The van der Waals surface area contributed by atoms with Crippen LogP contribution in [0.3, 0.4) is 0 Å². The molecule has 1 aromatic heterocycles. The first-order chi connectivity index (χ1) is 11.3. The van der Waals surface area contributed by atoms with Crippen molar-refractivity contribution in [1.82, 2.24) is 14.1 Å². The Balaban J connectivity index is 2.04. The smallest absolute Gasteiger partial charge is 0.312 e. The van der Waals surface area contributed by atoms with Crippen LogP contribution in [0.25, 0.3) is 0 Å². The van der Waals surface area contributed by atoms with E-state index < -0.39 is 21.9 Å². The summed E-state index contributed by atoms with van der Waals surface area (Å²) in [6.45, 7) is 3.76. The first kappa shape index (κ1) is 16.7. The molecule has 0 saturated carbocycles. The largest absolute Gasteiger partial charge is 0.481 e. The highest BCUT2D eigenvalue weighted by Gasteiger charge is 2.37. The van der Waals surface area contributed by atoms with Gasteiger partial charge in [-0.25, -0.2) is 8.42 Å². The Morgan fingerprint density at radius 2 is 2.00 bits per heavy atom. The Kier molecular flexibility index (Phi) is 4.18. The maximum Gasteiger partial charge on any atom is 0.312 e. The number of aliphatic carboxylic acids is 1. The van der Waals surface area contributed by atoms with Gasteiger partial charge in [0.2, 0.25) is 0 Å². The number of benzene rings is 1. The van der Waals surface area contributed by atoms with Gasteiger partial charge in [0, 0.05) is 19.1 Å². The number of hydrogen-bond donors (Lipinski definition) is 1. The summed E-state index contributed by atoms with van der Waals surface area (Å²) in [5, 5.41) is 13.7. The van der Waals surface area contributed by atoms with E-state index in [2.05, 4.69) is 5.10 Å². The Labute approximate surface area is 140 Å². The third kappa shape index (κ3) is 2.71. The molecule has 0 spiro atoms. The highest BCUT2D eigenvalue weighted by molar-refractivity contribution is 7.89. The third-order valence-corrected chi connectivity index (χ3v) is 6.00. The fourth-order valence-corrected chi connectivity index (χ4v) is 4.64. The lowest BCUT2D eigenvalue weighted by Gasteiger charge is -2.32. The van der Waals surface area contributed by atoms with E-state index in [1.165, 1.54) is 21.3 Å². The summed E-state index contributed by atoms with van der Waals surface area (Å²) < 4.78 is 28.7. The molecule has 3 rings (SSSR count). The molecule has 0 radical (unpaired) electrons. The molecule has 1 aliphatic rings. The first-order valence-electron chi connectivity index (χ1n) is 7.66. The van der Waals surface area contributed by atoms with Gasteiger partial charge in [0.1, 0.15) is 0 Å². The molecule has 0 saturated heterocycles. The highest BCUT2D eigenvalue weighted by Crippen LogP contribution is 2.32. The summed E-state index contributed by atoms with van der Waals surface area (Å²) in [6, 6.07) is 8.41. The van der Waals surface area contributed by atoms with Crippen molar-refractivity contribution < 1.29 is 18.3 Å². The second-order valence-corrected chi connectivity index (χ2v) is 7.98. The van der Waals surface area contributed by atoms with Crippen molar-refractivity contribution in [2.24, 2.45) is 0 Å². The average Bonchev–Trinajstić information content (AvgIpc) is 3.04. The minimum absolute atomic E-state index is 0.0843. The molecule has 24 heavy (non-hydrogen) atoms. The summed E-state index contributed by atoms with van der Waals surface area (Å²) >= 11 is 0. The third-order valence-electron chi connectivity index (χ3n) is 4.19. The molecule has 1 atom stereocenters. The molecular formula is C16H19N3O4S. The van der Waals surface area contributed by atoms with Crippen LogP contribution in [0, 0.1) is 0 Å². The second kappa shape index (κ2) is 6.03. The van der Waals surface area contributed by atoms with Crippen LogP contribution in [0.2, 0.25) is 0 Å². The van der Waals surface area contributed by atoms with Crippen LogP contribution in [0.4, 0.5) is 0 Å². The van der Waals surface area contributed by atoms with Crippen molar-refractivity contribution >= 4 is 16.0 Å². The molecule has 1 unspecified atom stereocenters. The SMILES string of the molecule is CC(C)n1nccc1S(=O)(=O)N1Cc2ccccc2C(C(=O)O)C1. The van der Waals surface area contributed by atoms with E-state index in [0.29, 0.717) is 5.56 Å². The van der Waals surface area contributed by atoms with E-state index in [9.17, 15) is 18.3 Å². The van der Waals surface area contributed by atoms with Crippen LogP contribution in [-0.2, 0) is 21.4 Å². The Morgan fingerprint density at radius 1 is 1.29 bits per heavy atom. The number of fused-ring (bicyclic) bond motifs is 1. The summed E-state index contributed by atoms with van der Waals surface area (Å²) in [7, 11) is -3.83. The number of carboxylic acid groups (broad SMARTS) is 1. The van der Waals surface area contributed by atoms with E-state index in [1.807, 2.05) is 13.8 Å².